The number of benzene rings is 1. The lowest BCUT2D eigenvalue weighted by Crippen LogP contribution is -2.31. The third-order valence-electron chi connectivity index (χ3n) is 4.57. The Labute approximate surface area is 160 Å². The van der Waals surface area contributed by atoms with Crippen molar-refractivity contribution in [2.45, 2.75) is 6.42 Å². The average Bonchev–Trinajstić information content (AvgIpc) is 3.38. The Bertz CT molecular complexity index is 892. The second-order valence-corrected chi connectivity index (χ2v) is 6.26. The summed E-state index contributed by atoms with van der Waals surface area (Å²) in [6.07, 6.45) is 1.74. The molecule has 1 aromatic carbocycles. The van der Waals surface area contributed by atoms with Gasteiger partial charge in [0.2, 0.25) is 0 Å². The van der Waals surface area contributed by atoms with Crippen molar-refractivity contribution >= 4 is 23.5 Å². The van der Waals surface area contributed by atoms with Gasteiger partial charge in [0.15, 0.2) is 17.3 Å². The number of methoxy groups -OCH3 is 2. The monoisotopic (exact) mass is 388 g/mol. The van der Waals surface area contributed by atoms with Gasteiger partial charge >= 0.3 is 5.97 Å². The fourth-order valence-electron chi connectivity index (χ4n) is 3.07. The molecule has 1 unspecified atom stereocenters. The third kappa shape index (κ3) is 3.78. The summed E-state index contributed by atoms with van der Waals surface area (Å²) in [5.41, 5.74) is 0.381. The lowest BCUT2D eigenvalue weighted by molar-refractivity contribution is -0.141. The van der Waals surface area contributed by atoms with Gasteiger partial charge in [0.25, 0.3) is 11.8 Å². The molecule has 1 aliphatic heterocycles. The van der Waals surface area contributed by atoms with Crippen molar-refractivity contribution in [1.82, 2.24) is 4.90 Å². The third-order valence-corrected chi connectivity index (χ3v) is 4.57. The molecule has 1 aromatic heterocycles. The highest BCUT2D eigenvalue weighted by Gasteiger charge is 2.33. The van der Waals surface area contributed by atoms with Gasteiger partial charge in [-0.3, -0.25) is 14.4 Å². The number of carboxylic acids is 1. The molecule has 0 bridgehead atoms. The Hall–Kier alpha value is -3.49. The van der Waals surface area contributed by atoms with Crippen LogP contribution in [0.4, 0.5) is 5.69 Å². The number of nitrogens with one attached hydrogen (secondary N) is 1. The number of ether oxygens (including phenoxy) is 2. The lowest BCUT2D eigenvalue weighted by atomic mass is 10.1. The van der Waals surface area contributed by atoms with Gasteiger partial charge < -0.3 is 29.2 Å². The maximum Gasteiger partial charge on any atom is 0.308 e. The fraction of sp³-hybridized carbons (Fsp3) is 0.316. The fourth-order valence-corrected chi connectivity index (χ4v) is 3.07. The molecule has 1 atom stereocenters. The molecule has 0 saturated carbocycles. The normalized spacial score (nSPS) is 15.9. The van der Waals surface area contributed by atoms with Crippen LogP contribution >= 0.6 is 0 Å². The molecule has 28 heavy (non-hydrogen) atoms. The molecule has 1 saturated heterocycles. The van der Waals surface area contributed by atoms with E-state index < -0.39 is 23.7 Å². The van der Waals surface area contributed by atoms with E-state index in [-0.39, 0.29) is 23.6 Å². The van der Waals surface area contributed by atoms with Crippen molar-refractivity contribution < 1.29 is 33.4 Å². The van der Waals surface area contributed by atoms with E-state index in [0.717, 1.165) is 0 Å². The Kier molecular flexibility index (Phi) is 5.53. The topological polar surface area (TPSA) is 118 Å². The number of furan rings is 1. The Morgan fingerprint density at radius 2 is 1.93 bits per heavy atom. The summed E-state index contributed by atoms with van der Waals surface area (Å²) in [5, 5.41) is 11.8. The number of aliphatic carboxylic acids is 1. The molecule has 9 nitrogen and oxygen atoms in total. The molecule has 3 rings (SSSR count). The molecule has 2 amide bonds. The average molecular weight is 388 g/mol. The summed E-state index contributed by atoms with van der Waals surface area (Å²) in [4.78, 5) is 38.1. The maximum absolute atomic E-state index is 13.0. The highest BCUT2D eigenvalue weighted by Crippen LogP contribution is 2.35. The molecular weight excluding hydrogens is 368 g/mol. The summed E-state index contributed by atoms with van der Waals surface area (Å²) in [7, 11) is 2.87. The highest BCUT2D eigenvalue weighted by atomic mass is 16.5. The number of carbonyl (C=O) groups is 3. The van der Waals surface area contributed by atoms with Crippen molar-refractivity contribution in [1.29, 1.82) is 0 Å². The van der Waals surface area contributed by atoms with Crippen molar-refractivity contribution in [2.24, 2.45) is 5.92 Å². The van der Waals surface area contributed by atoms with Crippen molar-refractivity contribution in [3.63, 3.8) is 0 Å². The van der Waals surface area contributed by atoms with Gasteiger partial charge in [0, 0.05) is 19.2 Å². The number of carbonyl (C=O) groups excluding carboxylic acids is 2. The van der Waals surface area contributed by atoms with E-state index in [1.165, 1.54) is 43.6 Å². The molecule has 0 aliphatic carbocycles. The quantitative estimate of drug-likeness (QED) is 0.778. The zero-order valence-electron chi connectivity index (χ0n) is 15.4. The van der Waals surface area contributed by atoms with E-state index in [1.807, 2.05) is 0 Å². The number of amides is 2. The number of hydrogen-bond acceptors (Lipinski definition) is 6. The molecule has 0 spiro atoms. The Balaban J connectivity index is 1.94. The van der Waals surface area contributed by atoms with E-state index in [1.54, 1.807) is 6.07 Å². The van der Waals surface area contributed by atoms with Gasteiger partial charge in [-0.25, -0.2) is 0 Å². The summed E-state index contributed by atoms with van der Waals surface area (Å²) < 4.78 is 15.6. The zero-order chi connectivity index (χ0) is 20.3. The molecular formula is C19H20N2O7. The van der Waals surface area contributed by atoms with Gasteiger partial charge in [-0.15, -0.1) is 0 Å². The van der Waals surface area contributed by atoms with E-state index in [4.69, 9.17) is 13.9 Å². The first-order valence-corrected chi connectivity index (χ1v) is 8.57. The second-order valence-electron chi connectivity index (χ2n) is 6.26. The number of hydrogen-bond donors (Lipinski definition) is 2. The van der Waals surface area contributed by atoms with Gasteiger partial charge in [0.05, 0.1) is 37.7 Å². The van der Waals surface area contributed by atoms with Crippen LogP contribution in [0, 0.1) is 5.92 Å². The number of rotatable bonds is 6. The van der Waals surface area contributed by atoms with Gasteiger partial charge in [-0.05, 0) is 24.6 Å². The Morgan fingerprint density at radius 1 is 1.21 bits per heavy atom. The lowest BCUT2D eigenvalue weighted by Gasteiger charge is -2.20. The van der Waals surface area contributed by atoms with Gasteiger partial charge in [-0.1, -0.05) is 0 Å². The van der Waals surface area contributed by atoms with Crippen LogP contribution in [0.5, 0.6) is 11.5 Å². The maximum atomic E-state index is 13.0. The molecule has 9 heteroatoms. The SMILES string of the molecule is COc1cc(NC(=O)c2ccco2)c(C(=O)N2CCC(C(=O)O)C2)cc1OC. The smallest absolute Gasteiger partial charge is 0.308 e. The van der Waals surface area contributed by atoms with Crippen molar-refractivity contribution in [3.05, 3.63) is 41.9 Å². The van der Waals surface area contributed by atoms with Crippen LogP contribution in [0.15, 0.2) is 34.9 Å². The molecule has 0 radical (unpaired) electrons. The van der Waals surface area contributed by atoms with Crippen LogP contribution in [0.1, 0.15) is 27.3 Å². The largest absolute Gasteiger partial charge is 0.493 e. The molecule has 1 aliphatic rings. The minimum Gasteiger partial charge on any atom is -0.493 e. The van der Waals surface area contributed by atoms with Crippen LogP contribution in [-0.2, 0) is 4.79 Å². The van der Waals surface area contributed by atoms with E-state index in [0.29, 0.717) is 24.5 Å². The van der Waals surface area contributed by atoms with Crippen LogP contribution in [0.2, 0.25) is 0 Å². The first-order chi connectivity index (χ1) is 13.4. The number of anilines is 1. The molecule has 1 fully saturated rings. The minimum atomic E-state index is -0.936. The first kappa shape index (κ1) is 19.3. The minimum absolute atomic E-state index is 0.0836. The van der Waals surface area contributed by atoms with Crippen LogP contribution in [-0.4, -0.2) is 55.1 Å². The van der Waals surface area contributed by atoms with Crippen molar-refractivity contribution in [2.75, 3.05) is 32.6 Å². The van der Waals surface area contributed by atoms with Crippen LogP contribution < -0.4 is 14.8 Å². The first-order valence-electron chi connectivity index (χ1n) is 8.57. The number of nitrogens with zero attached hydrogens (tertiary/aromatic N) is 1. The summed E-state index contributed by atoms with van der Waals surface area (Å²) >= 11 is 0. The predicted octanol–water partition coefficient (Wildman–Crippen LogP) is 2.10. The summed E-state index contributed by atoms with van der Waals surface area (Å²) in [6, 6.07) is 6.02. The number of carboxylic acid groups (broad SMARTS) is 1. The van der Waals surface area contributed by atoms with Crippen LogP contribution in [0.25, 0.3) is 0 Å². The zero-order valence-corrected chi connectivity index (χ0v) is 15.4. The summed E-state index contributed by atoms with van der Waals surface area (Å²) in [5.74, 6) is -1.75. The highest BCUT2D eigenvalue weighted by molar-refractivity contribution is 6.08. The standard InChI is InChI=1S/C19H20N2O7/c1-26-15-8-12(18(23)21-6-5-11(10-21)19(24)25)13(9-16(15)27-2)20-17(22)14-4-3-7-28-14/h3-4,7-9,11H,5-6,10H2,1-2H3,(H,20,22)(H,24,25). The molecule has 148 valence electrons. The van der Waals surface area contributed by atoms with Gasteiger partial charge in [-0.2, -0.15) is 0 Å². The molecule has 2 heterocycles. The summed E-state index contributed by atoms with van der Waals surface area (Å²) in [6.45, 7) is 0.420. The van der Waals surface area contributed by atoms with E-state index in [9.17, 15) is 19.5 Å². The van der Waals surface area contributed by atoms with E-state index in [2.05, 4.69) is 5.32 Å². The van der Waals surface area contributed by atoms with Crippen LogP contribution in [0.3, 0.4) is 0 Å². The second kappa shape index (κ2) is 8.03. The van der Waals surface area contributed by atoms with Gasteiger partial charge in [0.1, 0.15) is 0 Å². The molecule has 2 aromatic rings. The molecule has 2 N–H and O–H groups in total. The number of likely N-dealkylation sites (tertiary alicyclic amines) is 1. The van der Waals surface area contributed by atoms with Crippen molar-refractivity contribution in [3.8, 4) is 11.5 Å². The predicted molar refractivity (Wildman–Crippen MR) is 97.9 cm³/mol. The van der Waals surface area contributed by atoms with E-state index >= 15 is 0 Å². The Morgan fingerprint density at radius 3 is 2.50 bits per heavy atom.